The molecular weight excluding hydrogens is 346 g/mol. The lowest BCUT2D eigenvalue weighted by molar-refractivity contribution is -0.115. The Morgan fingerprint density at radius 2 is 1.96 bits per heavy atom. The highest BCUT2D eigenvalue weighted by Crippen LogP contribution is 2.25. The Labute approximate surface area is 156 Å². The maximum absolute atomic E-state index is 12.2. The number of rotatable bonds is 6. The van der Waals surface area contributed by atoms with E-state index in [0.29, 0.717) is 17.3 Å². The van der Waals surface area contributed by atoms with Gasteiger partial charge in [-0.25, -0.2) is 0 Å². The molecule has 1 amide bonds. The van der Waals surface area contributed by atoms with Crippen molar-refractivity contribution < 1.29 is 4.79 Å². The third kappa shape index (κ3) is 3.77. The molecule has 2 aromatic carbocycles. The second kappa shape index (κ2) is 7.70. The third-order valence-corrected chi connectivity index (χ3v) is 5.31. The number of benzene rings is 2. The lowest BCUT2D eigenvalue weighted by Crippen LogP contribution is -2.12. The molecule has 1 heterocycles. The first kappa shape index (κ1) is 16.8. The molecule has 0 aliphatic heterocycles. The van der Waals surface area contributed by atoms with Crippen LogP contribution in [0.5, 0.6) is 0 Å². The average molecular weight is 365 g/mol. The number of aryl methyl sites for hydroxylation is 2. The summed E-state index contributed by atoms with van der Waals surface area (Å²) in [6.45, 7) is 0. The van der Waals surface area contributed by atoms with Crippen LogP contribution in [0.25, 0.3) is 5.69 Å². The second-order valence-corrected chi connectivity index (χ2v) is 7.25. The highest BCUT2D eigenvalue weighted by atomic mass is 32.2. The van der Waals surface area contributed by atoms with Crippen molar-refractivity contribution in [3.63, 3.8) is 0 Å². The predicted molar refractivity (Wildman–Crippen MR) is 102 cm³/mol. The van der Waals surface area contributed by atoms with Gasteiger partial charge in [-0.3, -0.25) is 4.79 Å². The zero-order valence-electron chi connectivity index (χ0n) is 14.3. The SMILES string of the molecule is O=C(CCSc1nnnn1-c1ccccc1)Nc1ccc2c(c1)CCC2. The number of anilines is 1. The van der Waals surface area contributed by atoms with E-state index in [1.807, 2.05) is 36.4 Å². The average Bonchev–Trinajstić information content (AvgIpc) is 3.31. The molecule has 4 rings (SSSR count). The second-order valence-electron chi connectivity index (χ2n) is 6.19. The normalized spacial score (nSPS) is 12.8. The molecule has 1 aliphatic rings. The van der Waals surface area contributed by atoms with Crippen molar-refractivity contribution in [2.45, 2.75) is 30.8 Å². The van der Waals surface area contributed by atoms with Crippen molar-refractivity contribution >= 4 is 23.4 Å². The molecular formula is C19H19N5OS. The molecule has 0 saturated carbocycles. The Balaban J connectivity index is 1.31. The molecule has 0 bridgehead atoms. The molecule has 26 heavy (non-hydrogen) atoms. The van der Waals surface area contributed by atoms with Crippen LogP contribution in [0.1, 0.15) is 24.0 Å². The Morgan fingerprint density at radius 1 is 1.12 bits per heavy atom. The maximum Gasteiger partial charge on any atom is 0.225 e. The summed E-state index contributed by atoms with van der Waals surface area (Å²) in [7, 11) is 0. The van der Waals surface area contributed by atoms with Crippen molar-refractivity contribution in [1.82, 2.24) is 20.2 Å². The van der Waals surface area contributed by atoms with Gasteiger partial charge < -0.3 is 5.32 Å². The van der Waals surface area contributed by atoms with Crippen LogP contribution in [0.2, 0.25) is 0 Å². The molecule has 0 fully saturated rings. The van der Waals surface area contributed by atoms with Crippen LogP contribution in [0.15, 0.2) is 53.7 Å². The monoisotopic (exact) mass is 365 g/mol. The molecule has 7 heteroatoms. The zero-order valence-corrected chi connectivity index (χ0v) is 15.1. The van der Waals surface area contributed by atoms with Gasteiger partial charge in [-0.1, -0.05) is 36.0 Å². The van der Waals surface area contributed by atoms with Crippen LogP contribution in [0, 0.1) is 0 Å². The first-order chi connectivity index (χ1) is 12.8. The molecule has 1 aliphatic carbocycles. The van der Waals surface area contributed by atoms with Crippen LogP contribution in [0.4, 0.5) is 5.69 Å². The van der Waals surface area contributed by atoms with Gasteiger partial charge in [0.15, 0.2) is 0 Å². The van der Waals surface area contributed by atoms with E-state index in [0.717, 1.165) is 24.2 Å². The minimum atomic E-state index is 0.00850. The highest BCUT2D eigenvalue weighted by Gasteiger charge is 2.13. The van der Waals surface area contributed by atoms with E-state index in [9.17, 15) is 4.79 Å². The smallest absolute Gasteiger partial charge is 0.225 e. The molecule has 1 aromatic heterocycles. The maximum atomic E-state index is 12.2. The predicted octanol–water partition coefficient (Wildman–Crippen LogP) is 3.27. The minimum Gasteiger partial charge on any atom is -0.326 e. The first-order valence-corrected chi connectivity index (χ1v) is 9.66. The van der Waals surface area contributed by atoms with Gasteiger partial charge in [0, 0.05) is 17.9 Å². The van der Waals surface area contributed by atoms with Gasteiger partial charge >= 0.3 is 0 Å². The molecule has 1 N–H and O–H groups in total. The van der Waals surface area contributed by atoms with Crippen molar-refractivity contribution in [3.05, 3.63) is 59.7 Å². The van der Waals surface area contributed by atoms with Gasteiger partial charge in [0.05, 0.1) is 5.69 Å². The minimum absolute atomic E-state index is 0.00850. The van der Waals surface area contributed by atoms with Crippen molar-refractivity contribution in [2.75, 3.05) is 11.1 Å². The summed E-state index contributed by atoms with van der Waals surface area (Å²) in [6, 6.07) is 15.9. The quantitative estimate of drug-likeness (QED) is 0.679. The number of aromatic nitrogens is 4. The van der Waals surface area contributed by atoms with E-state index < -0.39 is 0 Å². The van der Waals surface area contributed by atoms with E-state index in [2.05, 4.69) is 33.0 Å². The molecule has 3 aromatic rings. The van der Waals surface area contributed by atoms with E-state index in [4.69, 9.17) is 0 Å². The first-order valence-electron chi connectivity index (χ1n) is 8.68. The molecule has 0 saturated heterocycles. The molecule has 6 nitrogen and oxygen atoms in total. The summed E-state index contributed by atoms with van der Waals surface area (Å²) in [5.74, 6) is 0.624. The Hall–Kier alpha value is -2.67. The molecule has 0 atom stereocenters. The van der Waals surface area contributed by atoms with E-state index in [1.165, 1.54) is 29.3 Å². The number of tetrazole rings is 1. The standard InChI is InChI=1S/C19H19N5OS/c25-18(20-16-10-9-14-5-4-6-15(14)13-16)11-12-26-19-21-22-23-24(19)17-7-2-1-3-8-17/h1-3,7-10,13H,4-6,11-12H2,(H,20,25). The topological polar surface area (TPSA) is 72.7 Å². The number of amides is 1. The summed E-state index contributed by atoms with van der Waals surface area (Å²) in [4.78, 5) is 12.2. The fourth-order valence-electron chi connectivity index (χ4n) is 3.11. The van der Waals surface area contributed by atoms with Crippen LogP contribution in [-0.2, 0) is 17.6 Å². The van der Waals surface area contributed by atoms with Gasteiger partial charge in [-0.2, -0.15) is 4.68 Å². The van der Waals surface area contributed by atoms with Crippen LogP contribution in [0.3, 0.4) is 0 Å². The summed E-state index contributed by atoms with van der Waals surface area (Å²) >= 11 is 1.47. The van der Waals surface area contributed by atoms with Crippen molar-refractivity contribution in [2.24, 2.45) is 0 Å². The molecule has 0 spiro atoms. The third-order valence-electron chi connectivity index (χ3n) is 4.38. The number of carbonyl (C=O) groups excluding carboxylic acids is 1. The lowest BCUT2D eigenvalue weighted by Gasteiger charge is -2.07. The van der Waals surface area contributed by atoms with Gasteiger partial charge in [0.1, 0.15) is 0 Å². The fraction of sp³-hybridized carbons (Fsp3) is 0.263. The molecule has 132 valence electrons. The summed E-state index contributed by atoms with van der Waals surface area (Å²) in [5, 5.41) is 15.5. The largest absolute Gasteiger partial charge is 0.326 e. The van der Waals surface area contributed by atoms with E-state index in [1.54, 1.807) is 4.68 Å². The van der Waals surface area contributed by atoms with Crippen LogP contribution in [-0.4, -0.2) is 31.9 Å². The summed E-state index contributed by atoms with van der Waals surface area (Å²) in [6.07, 6.45) is 3.87. The fourth-order valence-corrected chi connectivity index (χ4v) is 3.94. The number of hydrogen-bond donors (Lipinski definition) is 1. The number of carbonyl (C=O) groups is 1. The van der Waals surface area contributed by atoms with Gasteiger partial charge in [0.2, 0.25) is 11.1 Å². The Bertz CT molecular complexity index is 909. The molecule has 0 unspecified atom stereocenters. The summed E-state index contributed by atoms with van der Waals surface area (Å²) < 4.78 is 1.68. The Morgan fingerprint density at radius 3 is 2.85 bits per heavy atom. The van der Waals surface area contributed by atoms with Gasteiger partial charge in [0.25, 0.3) is 0 Å². The number of nitrogens with zero attached hydrogens (tertiary/aromatic N) is 4. The Kier molecular flexibility index (Phi) is 4.97. The molecule has 0 radical (unpaired) electrons. The van der Waals surface area contributed by atoms with Crippen molar-refractivity contribution in [3.8, 4) is 5.69 Å². The number of fused-ring (bicyclic) bond motifs is 1. The zero-order chi connectivity index (χ0) is 17.8. The van der Waals surface area contributed by atoms with Gasteiger partial charge in [-0.05, 0) is 65.1 Å². The summed E-state index contributed by atoms with van der Waals surface area (Å²) in [5.41, 5.74) is 4.56. The number of nitrogens with one attached hydrogen (secondary N) is 1. The van der Waals surface area contributed by atoms with E-state index in [-0.39, 0.29) is 5.91 Å². The number of hydrogen-bond acceptors (Lipinski definition) is 5. The lowest BCUT2D eigenvalue weighted by atomic mass is 10.1. The van der Waals surface area contributed by atoms with Crippen molar-refractivity contribution in [1.29, 1.82) is 0 Å². The number of thioether (sulfide) groups is 1. The highest BCUT2D eigenvalue weighted by molar-refractivity contribution is 7.99. The number of para-hydroxylation sites is 1. The van der Waals surface area contributed by atoms with E-state index >= 15 is 0 Å². The van der Waals surface area contributed by atoms with Gasteiger partial charge in [-0.15, -0.1) is 5.10 Å². The van der Waals surface area contributed by atoms with Crippen LogP contribution >= 0.6 is 11.8 Å². The van der Waals surface area contributed by atoms with Crippen LogP contribution < -0.4 is 5.32 Å².